The van der Waals surface area contributed by atoms with E-state index in [-0.39, 0.29) is 19.6 Å². The van der Waals surface area contributed by atoms with E-state index in [1.807, 2.05) is 0 Å². The van der Waals surface area contributed by atoms with Crippen LogP contribution in [0.15, 0.2) is 60.8 Å². The van der Waals surface area contributed by atoms with Gasteiger partial charge in [0.05, 0.1) is 19.8 Å². The summed E-state index contributed by atoms with van der Waals surface area (Å²) < 4.78 is 59.0. The maximum atomic E-state index is 12.8. The first-order valence-corrected chi connectivity index (χ1v) is 24.4. The molecular weight excluding hydrogens is 789 g/mol. The van der Waals surface area contributed by atoms with E-state index in [2.05, 4.69) is 78.8 Å². The molecule has 1 saturated heterocycles. The second-order valence-corrected chi connectivity index (χ2v) is 16.7. The van der Waals surface area contributed by atoms with E-state index >= 15 is 0 Å². The molecule has 1 heterocycles. The molecule has 0 saturated carbocycles. The number of carbonyl (C=O) groups excluding carboxylic acids is 1. The third-order valence-corrected chi connectivity index (χ3v) is 10.6. The monoisotopic (exact) mass is 871 g/mol. The van der Waals surface area contributed by atoms with Gasteiger partial charge in [-0.05, 0) is 77.0 Å². The second kappa shape index (κ2) is 38.5. The first kappa shape index (κ1) is 55.8. The molecule has 1 aliphatic heterocycles. The maximum Gasteiger partial charge on any atom is 0.397 e. The highest BCUT2D eigenvalue weighted by Crippen LogP contribution is 2.26. The number of carbonyl (C=O) groups is 1. The fourth-order valence-electron chi connectivity index (χ4n) is 6.66. The standard InChI is InChI=1S/C47H82O12S/c1-3-5-7-9-11-13-15-17-19-20-21-23-25-27-29-31-33-35-37-55-39-41(40-56-47-45(51)46(59-60(52,53)54)44(50)42(38-48)58-47)57-43(49)36-34-32-30-28-26-24-22-18-16-14-12-10-8-6-4-2/h5,7,11,13,17-19,21-23,41-42,44-48,50-51H,3-4,6,8-10,12,14-16,20,24-40H2,1-2H3,(H,52,53,54)/b7-5-,13-11-,19-17-,22-18-,23-21-. The van der Waals surface area contributed by atoms with Crippen molar-refractivity contribution in [2.24, 2.45) is 0 Å². The van der Waals surface area contributed by atoms with Gasteiger partial charge in [0, 0.05) is 13.0 Å². The Hall–Kier alpha value is -2.20. The van der Waals surface area contributed by atoms with Crippen LogP contribution in [0.2, 0.25) is 0 Å². The third-order valence-electron chi connectivity index (χ3n) is 10.1. The zero-order valence-corrected chi connectivity index (χ0v) is 37.8. The highest BCUT2D eigenvalue weighted by Gasteiger charge is 2.48. The molecule has 0 spiro atoms. The summed E-state index contributed by atoms with van der Waals surface area (Å²) in [6, 6.07) is 0. The minimum atomic E-state index is -5.07. The Bertz CT molecular complexity index is 1280. The van der Waals surface area contributed by atoms with E-state index in [0.29, 0.717) is 13.0 Å². The molecule has 1 aliphatic rings. The predicted octanol–water partition coefficient (Wildman–Crippen LogP) is 9.74. The molecule has 4 N–H and O–H groups in total. The van der Waals surface area contributed by atoms with Gasteiger partial charge in [-0.3, -0.25) is 9.35 Å². The Morgan fingerprint density at radius 2 is 1.15 bits per heavy atom. The van der Waals surface area contributed by atoms with E-state index in [4.69, 9.17) is 23.5 Å². The molecule has 6 unspecified atom stereocenters. The van der Waals surface area contributed by atoms with Crippen molar-refractivity contribution in [2.75, 3.05) is 26.4 Å². The van der Waals surface area contributed by atoms with Crippen LogP contribution in [0.5, 0.6) is 0 Å². The zero-order chi connectivity index (χ0) is 43.9. The number of ether oxygens (including phenoxy) is 4. The van der Waals surface area contributed by atoms with Crippen molar-refractivity contribution in [1.29, 1.82) is 0 Å². The highest BCUT2D eigenvalue weighted by molar-refractivity contribution is 7.80. The first-order chi connectivity index (χ1) is 29.1. The fraction of sp³-hybridized carbons (Fsp3) is 0.766. The Morgan fingerprint density at radius 1 is 0.650 bits per heavy atom. The summed E-state index contributed by atoms with van der Waals surface area (Å²) in [6.07, 6.45) is 38.2. The summed E-state index contributed by atoms with van der Waals surface area (Å²) >= 11 is 0. The van der Waals surface area contributed by atoms with Crippen LogP contribution in [0.25, 0.3) is 0 Å². The lowest BCUT2D eigenvalue weighted by molar-refractivity contribution is -0.301. The minimum absolute atomic E-state index is 0.0176. The molecule has 6 atom stereocenters. The average Bonchev–Trinajstić information content (AvgIpc) is 3.22. The van der Waals surface area contributed by atoms with Crippen LogP contribution in [0.1, 0.15) is 168 Å². The van der Waals surface area contributed by atoms with Crippen LogP contribution >= 0.6 is 0 Å². The summed E-state index contributed by atoms with van der Waals surface area (Å²) in [6.45, 7) is 3.81. The molecular formula is C47H82O12S. The molecule has 0 aromatic carbocycles. The molecule has 60 heavy (non-hydrogen) atoms. The molecule has 0 radical (unpaired) electrons. The van der Waals surface area contributed by atoms with Gasteiger partial charge in [-0.1, -0.05) is 145 Å². The van der Waals surface area contributed by atoms with Gasteiger partial charge in [-0.15, -0.1) is 0 Å². The van der Waals surface area contributed by atoms with Gasteiger partial charge in [0.25, 0.3) is 0 Å². The average molecular weight is 871 g/mol. The summed E-state index contributed by atoms with van der Waals surface area (Å²) in [4.78, 5) is 12.8. The quantitative estimate of drug-likeness (QED) is 0.0199. The van der Waals surface area contributed by atoms with Gasteiger partial charge in [-0.25, -0.2) is 4.18 Å². The Labute approximate surface area is 363 Å². The minimum Gasteiger partial charge on any atom is -0.457 e. The summed E-state index contributed by atoms with van der Waals surface area (Å²) in [5, 5.41) is 30.7. The number of esters is 1. The summed E-state index contributed by atoms with van der Waals surface area (Å²) in [5.41, 5.74) is 0. The number of aliphatic hydroxyl groups is 3. The predicted molar refractivity (Wildman–Crippen MR) is 239 cm³/mol. The Balaban J connectivity index is 2.45. The molecule has 12 nitrogen and oxygen atoms in total. The van der Waals surface area contributed by atoms with Crippen molar-refractivity contribution in [3.63, 3.8) is 0 Å². The highest BCUT2D eigenvalue weighted by atomic mass is 32.3. The lowest BCUT2D eigenvalue weighted by Gasteiger charge is -2.41. The number of aliphatic hydroxyl groups excluding tert-OH is 3. The Morgan fingerprint density at radius 3 is 1.70 bits per heavy atom. The van der Waals surface area contributed by atoms with Gasteiger partial charge in [0.2, 0.25) is 0 Å². The normalized spacial score (nSPS) is 20.8. The fourth-order valence-corrected chi connectivity index (χ4v) is 7.17. The maximum absolute atomic E-state index is 12.8. The van der Waals surface area contributed by atoms with Gasteiger partial charge >= 0.3 is 16.4 Å². The van der Waals surface area contributed by atoms with Crippen molar-refractivity contribution >= 4 is 16.4 Å². The lowest BCUT2D eigenvalue weighted by atomic mass is 9.99. The van der Waals surface area contributed by atoms with E-state index in [9.17, 15) is 28.5 Å². The third kappa shape index (κ3) is 31.6. The topological polar surface area (TPSA) is 178 Å². The zero-order valence-electron chi connectivity index (χ0n) is 37.0. The van der Waals surface area contributed by atoms with Crippen molar-refractivity contribution in [3.8, 4) is 0 Å². The van der Waals surface area contributed by atoms with Gasteiger partial charge in [-0.2, -0.15) is 8.42 Å². The number of hydrogen-bond acceptors (Lipinski definition) is 11. The van der Waals surface area contributed by atoms with Crippen LogP contribution in [0.3, 0.4) is 0 Å². The SMILES string of the molecule is CC/C=C\C/C=C\C/C=C\C/C=C\CCCCCCCOCC(COC1OC(CO)C(O)C(OS(=O)(=O)O)C1O)OC(=O)CCCCCCC/C=C\CCCCCCCC. The molecule has 348 valence electrons. The Kier molecular flexibility index (Phi) is 35.8. The molecule has 1 fully saturated rings. The largest absolute Gasteiger partial charge is 0.457 e. The number of unbranched alkanes of at least 4 members (excludes halogenated alkanes) is 16. The molecule has 13 heteroatoms. The van der Waals surface area contributed by atoms with Crippen LogP contribution in [-0.4, -0.2) is 97.5 Å². The molecule has 0 aromatic heterocycles. The van der Waals surface area contributed by atoms with Crippen molar-refractivity contribution in [2.45, 2.75) is 205 Å². The molecule has 1 rings (SSSR count). The van der Waals surface area contributed by atoms with E-state index in [1.165, 1.54) is 38.5 Å². The van der Waals surface area contributed by atoms with Crippen molar-refractivity contribution < 1.29 is 56.2 Å². The van der Waals surface area contributed by atoms with E-state index in [1.54, 1.807) is 0 Å². The number of allylic oxidation sites excluding steroid dienone is 10. The van der Waals surface area contributed by atoms with Crippen LogP contribution in [0.4, 0.5) is 0 Å². The molecule has 0 aliphatic carbocycles. The smallest absolute Gasteiger partial charge is 0.397 e. The van der Waals surface area contributed by atoms with Crippen LogP contribution < -0.4 is 0 Å². The van der Waals surface area contributed by atoms with Gasteiger partial charge in [0.1, 0.15) is 30.5 Å². The molecule has 0 bridgehead atoms. The van der Waals surface area contributed by atoms with Crippen LogP contribution in [-0.2, 0) is 38.3 Å². The lowest BCUT2D eigenvalue weighted by Crippen LogP contribution is -2.60. The van der Waals surface area contributed by atoms with Crippen molar-refractivity contribution in [1.82, 2.24) is 0 Å². The summed E-state index contributed by atoms with van der Waals surface area (Å²) in [5.74, 6) is -0.417. The first-order valence-electron chi connectivity index (χ1n) is 23.0. The number of hydrogen-bond donors (Lipinski definition) is 4. The molecule has 0 aromatic rings. The van der Waals surface area contributed by atoms with E-state index in [0.717, 1.165) is 103 Å². The van der Waals surface area contributed by atoms with Crippen molar-refractivity contribution in [3.05, 3.63) is 60.8 Å². The number of rotatable bonds is 39. The molecule has 0 amide bonds. The van der Waals surface area contributed by atoms with Gasteiger partial charge in [0.15, 0.2) is 6.29 Å². The second-order valence-electron chi connectivity index (χ2n) is 15.6. The van der Waals surface area contributed by atoms with E-state index < -0.39 is 59.8 Å². The van der Waals surface area contributed by atoms with Gasteiger partial charge < -0.3 is 34.3 Å². The summed E-state index contributed by atoms with van der Waals surface area (Å²) in [7, 11) is -5.07. The van der Waals surface area contributed by atoms with Crippen LogP contribution in [0, 0.1) is 0 Å².